The van der Waals surface area contributed by atoms with Crippen LogP contribution in [0.25, 0.3) is 22.2 Å². The molecule has 7 nitrogen and oxygen atoms in total. The van der Waals surface area contributed by atoms with Gasteiger partial charge in [0.1, 0.15) is 29.3 Å². The molecule has 1 fully saturated rings. The number of rotatable bonds is 5. The first-order valence-corrected chi connectivity index (χ1v) is 11.5. The molecule has 0 saturated heterocycles. The molecular formula is C27H25N5O2. The Morgan fingerprint density at radius 3 is 2.68 bits per heavy atom. The zero-order valence-corrected chi connectivity index (χ0v) is 18.7. The highest BCUT2D eigenvalue weighted by Gasteiger charge is 2.56. The Balaban J connectivity index is 1.40. The fraction of sp³-hybridized carbons (Fsp3) is 0.222. The average molecular weight is 452 g/mol. The molecule has 2 aromatic carbocycles. The minimum atomic E-state index is -0.167. The van der Waals surface area contributed by atoms with E-state index < -0.39 is 0 Å². The summed E-state index contributed by atoms with van der Waals surface area (Å²) < 4.78 is 8.25. The minimum absolute atomic E-state index is 0.111. The van der Waals surface area contributed by atoms with Crippen LogP contribution < -0.4 is 15.8 Å². The number of carbonyl (C=O) groups is 1. The molecule has 1 aliphatic carbocycles. The lowest BCUT2D eigenvalue weighted by molar-refractivity contribution is -0.117. The molecule has 0 bridgehead atoms. The van der Waals surface area contributed by atoms with E-state index in [1.165, 1.54) is 18.1 Å². The Hall–Kier alpha value is -4.13. The van der Waals surface area contributed by atoms with Gasteiger partial charge in [0, 0.05) is 29.3 Å². The van der Waals surface area contributed by atoms with Gasteiger partial charge in [-0.3, -0.25) is 4.79 Å². The third kappa shape index (κ3) is 3.32. The number of nitrogens with two attached hydrogens (primary N) is 1. The minimum Gasteiger partial charge on any atom is -0.457 e. The van der Waals surface area contributed by atoms with Crippen molar-refractivity contribution in [3.8, 4) is 22.6 Å². The van der Waals surface area contributed by atoms with Gasteiger partial charge in [0.05, 0.1) is 5.39 Å². The smallest absolute Gasteiger partial charge is 0.243 e. The second-order valence-electron chi connectivity index (χ2n) is 9.08. The number of carbonyl (C=O) groups excluding carboxylic acids is 1. The number of benzene rings is 2. The lowest BCUT2D eigenvalue weighted by atomic mass is 9.98. The third-order valence-electron chi connectivity index (χ3n) is 7.10. The summed E-state index contributed by atoms with van der Waals surface area (Å²) in [5.74, 6) is 2.29. The summed E-state index contributed by atoms with van der Waals surface area (Å²) in [7, 11) is 0. The molecule has 7 heteroatoms. The highest BCUT2D eigenvalue weighted by molar-refractivity contribution is 6.02. The summed E-state index contributed by atoms with van der Waals surface area (Å²) in [5, 5.41) is 4.08. The second-order valence-corrected chi connectivity index (χ2v) is 9.08. The van der Waals surface area contributed by atoms with E-state index in [1.54, 1.807) is 0 Å². The van der Waals surface area contributed by atoms with Gasteiger partial charge in [0.2, 0.25) is 5.91 Å². The number of fused-ring (bicyclic) bond motifs is 4. The molecule has 3 N–H and O–H groups in total. The number of hydrogen-bond donors (Lipinski definition) is 2. The fourth-order valence-electron chi connectivity index (χ4n) is 5.32. The van der Waals surface area contributed by atoms with Gasteiger partial charge < -0.3 is 20.4 Å². The van der Waals surface area contributed by atoms with Gasteiger partial charge >= 0.3 is 0 Å². The van der Waals surface area contributed by atoms with Crippen LogP contribution in [-0.2, 0) is 17.8 Å². The quantitative estimate of drug-likeness (QED) is 0.436. The summed E-state index contributed by atoms with van der Waals surface area (Å²) in [6.07, 6.45) is 5.51. The third-order valence-corrected chi connectivity index (χ3v) is 7.10. The second kappa shape index (κ2) is 7.73. The highest BCUT2D eigenvalue weighted by atomic mass is 16.5. The zero-order chi connectivity index (χ0) is 23.3. The van der Waals surface area contributed by atoms with E-state index in [-0.39, 0.29) is 11.4 Å². The maximum Gasteiger partial charge on any atom is 0.243 e. The van der Waals surface area contributed by atoms with E-state index in [0.29, 0.717) is 11.7 Å². The van der Waals surface area contributed by atoms with Crippen molar-refractivity contribution < 1.29 is 9.53 Å². The molecule has 34 heavy (non-hydrogen) atoms. The largest absolute Gasteiger partial charge is 0.457 e. The first-order chi connectivity index (χ1) is 16.6. The lowest BCUT2D eigenvalue weighted by Gasteiger charge is -2.16. The molecule has 0 spiro atoms. The molecule has 1 saturated carbocycles. The van der Waals surface area contributed by atoms with E-state index in [0.717, 1.165) is 59.5 Å². The van der Waals surface area contributed by atoms with Crippen LogP contribution in [0, 0.1) is 5.92 Å². The Morgan fingerprint density at radius 2 is 1.91 bits per heavy atom. The molecule has 1 unspecified atom stereocenters. The highest BCUT2D eigenvalue weighted by Crippen LogP contribution is 2.52. The van der Waals surface area contributed by atoms with Crippen LogP contribution in [0.4, 0.5) is 5.82 Å². The molecule has 1 aliphatic heterocycles. The van der Waals surface area contributed by atoms with Crippen LogP contribution in [0.2, 0.25) is 0 Å². The predicted molar refractivity (Wildman–Crippen MR) is 131 cm³/mol. The maximum atomic E-state index is 12.1. The van der Waals surface area contributed by atoms with E-state index >= 15 is 0 Å². The van der Waals surface area contributed by atoms with Gasteiger partial charge in [-0.05, 0) is 55.2 Å². The van der Waals surface area contributed by atoms with Crippen molar-refractivity contribution in [2.24, 2.45) is 5.92 Å². The molecule has 3 heterocycles. The van der Waals surface area contributed by atoms with E-state index in [1.807, 2.05) is 42.5 Å². The van der Waals surface area contributed by atoms with Gasteiger partial charge in [0.15, 0.2) is 0 Å². The first kappa shape index (κ1) is 20.5. The summed E-state index contributed by atoms with van der Waals surface area (Å²) in [5.41, 5.74) is 10.3. The molecule has 2 aromatic heterocycles. The predicted octanol–water partition coefficient (Wildman–Crippen LogP) is 4.48. The zero-order valence-electron chi connectivity index (χ0n) is 18.7. The van der Waals surface area contributed by atoms with Crippen molar-refractivity contribution in [3.63, 3.8) is 0 Å². The number of anilines is 1. The van der Waals surface area contributed by atoms with Gasteiger partial charge in [-0.15, -0.1) is 0 Å². The molecule has 6 rings (SSSR count). The van der Waals surface area contributed by atoms with E-state index in [2.05, 4.69) is 38.6 Å². The molecule has 170 valence electrons. The summed E-state index contributed by atoms with van der Waals surface area (Å²) >= 11 is 0. The Morgan fingerprint density at radius 1 is 1.15 bits per heavy atom. The fourth-order valence-corrected chi connectivity index (χ4v) is 5.32. The standard InChI is InChI=1S/C27H25N5O2/c1-2-22(33)31-27-13-12-21-23(17-8-10-20(11-9-17)34-19-6-4-3-5-7-19)24-25(28)29-16-30-26(24)32(21)15-18(27)14-27/h2-11,16,18H,1,12-15H2,(H,31,33)(H2,28,29,30)/t18?,27-/m0/s1. The van der Waals surface area contributed by atoms with Crippen molar-refractivity contribution in [3.05, 3.63) is 79.3 Å². The number of amides is 1. The van der Waals surface area contributed by atoms with Gasteiger partial charge in [-0.25, -0.2) is 9.97 Å². The normalized spacial score (nSPS) is 20.6. The number of nitrogen functional groups attached to an aromatic ring is 1. The number of aromatic nitrogens is 3. The molecule has 0 radical (unpaired) electrons. The van der Waals surface area contributed by atoms with Crippen molar-refractivity contribution in [2.45, 2.75) is 31.3 Å². The summed E-state index contributed by atoms with van der Waals surface area (Å²) in [6, 6.07) is 17.8. The van der Waals surface area contributed by atoms with Gasteiger partial charge in [-0.2, -0.15) is 0 Å². The summed E-state index contributed by atoms with van der Waals surface area (Å²) in [6.45, 7) is 4.39. The number of nitrogens with one attached hydrogen (secondary N) is 1. The van der Waals surface area contributed by atoms with Crippen molar-refractivity contribution in [1.82, 2.24) is 19.9 Å². The Bertz CT molecular complexity index is 1410. The van der Waals surface area contributed by atoms with Crippen LogP contribution in [0.5, 0.6) is 11.5 Å². The Kier molecular flexibility index (Phi) is 4.65. The maximum absolute atomic E-state index is 12.1. The molecule has 2 aliphatic rings. The molecule has 4 aromatic rings. The van der Waals surface area contributed by atoms with Crippen molar-refractivity contribution in [2.75, 3.05) is 5.73 Å². The van der Waals surface area contributed by atoms with Crippen molar-refractivity contribution >= 4 is 22.8 Å². The lowest BCUT2D eigenvalue weighted by Crippen LogP contribution is -2.37. The number of ether oxygens (including phenoxy) is 1. The van der Waals surface area contributed by atoms with Crippen LogP contribution in [0.1, 0.15) is 18.5 Å². The van der Waals surface area contributed by atoms with Gasteiger partial charge in [0.25, 0.3) is 0 Å². The number of hydrogen-bond acceptors (Lipinski definition) is 5. The van der Waals surface area contributed by atoms with E-state index in [9.17, 15) is 4.79 Å². The van der Waals surface area contributed by atoms with Crippen LogP contribution in [0.15, 0.2) is 73.6 Å². The van der Waals surface area contributed by atoms with Crippen molar-refractivity contribution in [1.29, 1.82) is 0 Å². The first-order valence-electron chi connectivity index (χ1n) is 11.5. The molecule has 2 atom stereocenters. The van der Waals surface area contributed by atoms with Gasteiger partial charge in [-0.1, -0.05) is 36.9 Å². The Labute approximate surface area is 197 Å². The summed E-state index contributed by atoms with van der Waals surface area (Å²) in [4.78, 5) is 21.0. The molecule has 1 amide bonds. The monoisotopic (exact) mass is 451 g/mol. The van der Waals surface area contributed by atoms with E-state index in [4.69, 9.17) is 10.5 Å². The number of para-hydroxylation sites is 1. The van der Waals surface area contributed by atoms with Crippen LogP contribution in [-0.4, -0.2) is 26.0 Å². The van der Waals surface area contributed by atoms with Crippen LogP contribution >= 0.6 is 0 Å². The average Bonchev–Trinajstić information content (AvgIpc) is 3.46. The molecular weight excluding hydrogens is 426 g/mol. The number of nitrogens with zero attached hydrogens (tertiary/aromatic N) is 3. The SMILES string of the molecule is C=CC(=O)N[C@]12CCc3c(-c4ccc(Oc5ccccc5)cc4)c4c(N)ncnc4n3CC1C2. The topological polar surface area (TPSA) is 95.1 Å². The van der Waals surface area contributed by atoms with Crippen LogP contribution in [0.3, 0.4) is 0 Å².